The van der Waals surface area contributed by atoms with E-state index in [1.807, 2.05) is 78.1 Å². The minimum absolute atomic E-state index is 0.215. The van der Waals surface area contributed by atoms with Crippen LogP contribution < -0.4 is 14.4 Å². The molecule has 7 nitrogen and oxygen atoms in total. The second-order valence-corrected chi connectivity index (χ2v) is 9.89. The van der Waals surface area contributed by atoms with Gasteiger partial charge in [0.15, 0.2) is 6.10 Å². The third kappa shape index (κ3) is 4.69. The number of benzene rings is 2. The standard InChI is InChI=1S/C29H29F2N5O2/c1-20-16-21(6-7-25(20)37-22-8-13-35-15-11-33-28(35)17-22)36-19-32-18-23-24(36)4-3-5-26(23)38-27-9-12-34(2)14-10-29(27,30)31/h3-8,11,13,15-18,27H,9-10,12,14,19H2,1-2H3. The monoisotopic (exact) mass is 517 g/mol. The fourth-order valence-electron chi connectivity index (χ4n) is 4.97. The van der Waals surface area contributed by atoms with Gasteiger partial charge in [-0.15, -0.1) is 0 Å². The van der Waals surface area contributed by atoms with E-state index in [-0.39, 0.29) is 12.8 Å². The molecule has 9 heteroatoms. The molecular weight excluding hydrogens is 488 g/mol. The van der Waals surface area contributed by atoms with E-state index in [4.69, 9.17) is 9.47 Å². The lowest BCUT2D eigenvalue weighted by Gasteiger charge is -2.31. The molecule has 0 N–H and O–H groups in total. The number of alkyl halides is 2. The summed E-state index contributed by atoms with van der Waals surface area (Å²) in [6, 6.07) is 15.3. The van der Waals surface area contributed by atoms with Crippen LogP contribution in [0.15, 0.2) is 72.1 Å². The second kappa shape index (κ2) is 9.72. The SMILES string of the molecule is Cc1cc(N2CN=Cc3c(OC4CCN(C)CCC4(F)F)cccc32)ccc1Oc1ccn2ccnc2c1. The average Bonchev–Trinajstić information content (AvgIpc) is 3.34. The van der Waals surface area contributed by atoms with Crippen LogP contribution in [0.3, 0.4) is 0 Å². The number of imidazole rings is 1. The fourth-order valence-corrected chi connectivity index (χ4v) is 4.97. The summed E-state index contributed by atoms with van der Waals surface area (Å²) < 4.78 is 43.8. The Labute approximate surface area is 219 Å². The van der Waals surface area contributed by atoms with E-state index in [9.17, 15) is 8.78 Å². The van der Waals surface area contributed by atoms with Crippen molar-refractivity contribution in [2.45, 2.75) is 31.8 Å². The van der Waals surface area contributed by atoms with Crippen LogP contribution in [0.2, 0.25) is 0 Å². The summed E-state index contributed by atoms with van der Waals surface area (Å²) in [7, 11) is 1.86. The van der Waals surface area contributed by atoms with Gasteiger partial charge >= 0.3 is 0 Å². The molecule has 2 aliphatic heterocycles. The summed E-state index contributed by atoms with van der Waals surface area (Å²) in [6.45, 7) is 3.33. The maximum atomic E-state index is 14.8. The van der Waals surface area contributed by atoms with Gasteiger partial charge in [-0.3, -0.25) is 4.99 Å². The highest BCUT2D eigenvalue weighted by Gasteiger charge is 2.43. The average molecular weight is 518 g/mol. The lowest BCUT2D eigenvalue weighted by molar-refractivity contribution is -0.0968. The van der Waals surface area contributed by atoms with E-state index >= 15 is 0 Å². The van der Waals surface area contributed by atoms with Crippen LogP contribution >= 0.6 is 0 Å². The molecule has 4 aromatic rings. The van der Waals surface area contributed by atoms with E-state index in [1.165, 1.54) is 0 Å². The number of anilines is 2. The molecule has 1 fully saturated rings. The number of hydrogen-bond acceptors (Lipinski definition) is 6. The van der Waals surface area contributed by atoms with Crippen LogP contribution in [0, 0.1) is 6.92 Å². The van der Waals surface area contributed by atoms with Gasteiger partial charge in [-0.05, 0) is 55.9 Å². The molecule has 0 amide bonds. The van der Waals surface area contributed by atoms with E-state index in [0.717, 1.165) is 28.3 Å². The van der Waals surface area contributed by atoms with Crippen LogP contribution in [0.1, 0.15) is 24.0 Å². The zero-order valence-corrected chi connectivity index (χ0v) is 21.3. The fraction of sp³-hybridized carbons (Fsp3) is 0.310. The third-order valence-electron chi connectivity index (χ3n) is 7.18. The molecule has 1 saturated heterocycles. The lowest BCUT2D eigenvalue weighted by Crippen LogP contribution is -2.38. The summed E-state index contributed by atoms with van der Waals surface area (Å²) in [5.74, 6) is -1.02. The normalized spacial score (nSPS) is 19.3. The van der Waals surface area contributed by atoms with Gasteiger partial charge in [0.25, 0.3) is 5.92 Å². The Morgan fingerprint density at radius 3 is 2.79 bits per heavy atom. The van der Waals surface area contributed by atoms with Crippen LogP contribution in [0.25, 0.3) is 5.65 Å². The largest absolute Gasteiger partial charge is 0.483 e. The van der Waals surface area contributed by atoms with Gasteiger partial charge in [0, 0.05) is 62.5 Å². The molecule has 2 aliphatic rings. The van der Waals surface area contributed by atoms with Crippen molar-refractivity contribution >= 4 is 23.2 Å². The van der Waals surface area contributed by atoms with Gasteiger partial charge in [-0.2, -0.15) is 0 Å². The molecule has 1 atom stereocenters. The molecule has 2 aromatic carbocycles. The third-order valence-corrected chi connectivity index (χ3v) is 7.18. The van der Waals surface area contributed by atoms with E-state index in [2.05, 4.69) is 14.9 Å². The minimum atomic E-state index is -2.89. The Kier molecular flexibility index (Phi) is 6.23. The second-order valence-electron chi connectivity index (χ2n) is 9.89. The number of halogens is 2. The first-order chi connectivity index (χ1) is 18.4. The van der Waals surface area contributed by atoms with Crippen molar-refractivity contribution in [3.05, 3.63) is 78.2 Å². The molecule has 38 heavy (non-hydrogen) atoms. The molecule has 6 rings (SSSR count). The summed E-state index contributed by atoms with van der Waals surface area (Å²) in [6.07, 6.45) is 6.13. The smallest absolute Gasteiger partial charge is 0.285 e. The van der Waals surface area contributed by atoms with Crippen molar-refractivity contribution in [1.82, 2.24) is 14.3 Å². The van der Waals surface area contributed by atoms with Gasteiger partial charge in [0.2, 0.25) is 0 Å². The van der Waals surface area contributed by atoms with E-state index in [1.54, 1.807) is 18.5 Å². The number of fused-ring (bicyclic) bond motifs is 2. The quantitative estimate of drug-likeness (QED) is 0.322. The predicted octanol–water partition coefficient (Wildman–Crippen LogP) is 6.07. The molecule has 4 heterocycles. The first-order valence-corrected chi connectivity index (χ1v) is 12.7. The Morgan fingerprint density at radius 1 is 1.03 bits per heavy atom. The van der Waals surface area contributed by atoms with Gasteiger partial charge in [-0.25, -0.2) is 13.8 Å². The molecule has 0 aliphatic carbocycles. The Hall–Kier alpha value is -3.98. The van der Waals surface area contributed by atoms with Gasteiger partial charge in [0.1, 0.15) is 29.6 Å². The first-order valence-electron chi connectivity index (χ1n) is 12.7. The molecular formula is C29H29F2N5O2. The highest BCUT2D eigenvalue weighted by Crippen LogP contribution is 2.39. The molecule has 1 unspecified atom stereocenters. The summed E-state index contributed by atoms with van der Waals surface area (Å²) >= 11 is 0. The Balaban J connectivity index is 1.25. The van der Waals surface area contributed by atoms with Gasteiger partial charge < -0.3 is 23.7 Å². The van der Waals surface area contributed by atoms with Crippen molar-refractivity contribution < 1.29 is 18.3 Å². The van der Waals surface area contributed by atoms with Gasteiger partial charge in [0.05, 0.1) is 11.3 Å². The van der Waals surface area contributed by atoms with Crippen molar-refractivity contribution in [1.29, 1.82) is 0 Å². The van der Waals surface area contributed by atoms with Crippen molar-refractivity contribution in [3.63, 3.8) is 0 Å². The van der Waals surface area contributed by atoms with Crippen LogP contribution in [0.5, 0.6) is 17.2 Å². The summed E-state index contributed by atoms with van der Waals surface area (Å²) in [5.41, 5.74) is 4.26. The topological polar surface area (TPSA) is 54.6 Å². The molecule has 2 aromatic heterocycles. The molecule has 0 saturated carbocycles. The number of rotatable bonds is 5. The predicted molar refractivity (Wildman–Crippen MR) is 144 cm³/mol. The molecule has 0 spiro atoms. The first kappa shape index (κ1) is 24.4. The van der Waals surface area contributed by atoms with Crippen molar-refractivity contribution in [2.75, 3.05) is 31.7 Å². The summed E-state index contributed by atoms with van der Waals surface area (Å²) in [4.78, 5) is 12.8. The number of pyridine rings is 1. The number of aryl methyl sites for hydroxylation is 1. The van der Waals surface area contributed by atoms with Crippen molar-refractivity contribution in [2.24, 2.45) is 4.99 Å². The zero-order valence-electron chi connectivity index (χ0n) is 21.3. The number of aliphatic imine (C=N–C) groups is 1. The van der Waals surface area contributed by atoms with Crippen LogP contribution in [-0.4, -0.2) is 59.3 Å². The maximum Gasteiger partial charge on any atom is 0.285 e. The highest BCUT2D eigenvalue weighted by atomic mass is 19.3. The Morgan fingerprint density at radius 2 is 1.92 bits per heavy atom. The van der Waals surface area contributed by atoms with Gasteiger partial charge in [-0.1, -0.05) is 6.07 Å². The van der Waals surface area contributed by atoms with E-state index < -0.39 is 12.0 Å². The summed E-state index contributed by atoms with van der Waals surface area (Å²) in [5, 5.41) is 0. The maximum absolute atomic E-state index is 14.8. The van der Waals surface area contributed by atoms with Crippen molar-refractivity contribution in [3.8, 4) is 17.2 Å². The number of hydrogen-bond donors (Lipinski definition) is 0. The lowest BCUT2D eigenvalue weighted by atomic mass is 10.1. The minimum Gasteiger partial charge on any atom is -0.483 e. The highest BCUT2D eigenvalue weighted by molar-refractivity contribution is 5.95. The molecule has 0 bridgehead atoms. The van der Waals surface area contributed by atoms with Crippen LogP contribution in [0.4, 0.5) is 20.2 Å². The molecule has 196 valence electrons. The number of ether oxygens (including phenoxy) is 2. The number of likely N-dealkylation sites (tertiary alicyclic amines) is 1. The van der Waals surface area contributed by atoms with E-state index in [0.29, 0.717) is 36.8 Å². The number of aromatic nitrogens is 2. The van der Waals surface area contributed by atoms with Crippen LogP contribution in [-0.2, 0) is 0 Å². The number of nitrogens with zero attached hydrogens (tertiary/aromatic N) is 5. The Bertz CT molecular complexity index is 1500. The zero-order chi connectivity index (χ0) is 26.3. The molecule has 0 radical (unpaired) electrons.